The predicted octanol–water partition coefficient (Wildman–Crippen LogP) is 3.12. The highest BCUT2D eigenvalue weighted by Gasteiger charge is 2.45. The zero-order chi connectivity index (χ0) is 15.6. The van der Waals surface area contributed by atoms with E-state index in [2.05, 4.69) is 5.32 Å². The second-order valence-electron chi connectivity index (χ2n) is 6.60. The molecule has 0 bridgehead atoms. The fraction of sp³-hybridized carbons (Fsp3) is 0.588. The second kappa shape index (κ2) is 7.77. The Labute approximate surface area is 146 Å². The van der Waals surface area contributed by atoms with Gasteiger partial charge in [-0.3, -0.25) is 9.00 Å². The summed E-state index contributed by atoms with van der Waals surface area (Å²) in [5, 5.41) is 3.21. The standard InChI is InChI=1S/C17H24N2O2S.ClH/c18-17(9-10-17)16(20)19-14-6-4-5-13(11-14)12-22(21)15-7-2-1-3-8-15;/h4-6,11,15H,1-3,7-10,12,18H2,(H,19,20);1H. The third-order valence-corrected chi connectivity index (χ3v) is 6.49. The van der Waals surface area contributed by atoms with Crippen molar-refractivity contribution >= 4 is 34.8 Å². The molecule has 2 saturated carbocycles. The van der Waals surface area contributed by atoms with Gasteiger partial charge in [-0.05, 0) is 43.4 Å². The minimum absolute atomic E-state index is 0. The van der Waals surface area contributed by atoms with Gasteiger partial charge in [-0.1, -0.05) is 31.4 Å². The second-order valence-corrected chi connectivity index (χ2v) is 8.31. The van der Waals surface area contributed by atoms with Crippen LogP contribution in [0.4, 0.5) is 5.69 Å². The first kappa shape index (κ1) is 18.4. The molecule has 1 amide bonds. The minimum Gasteiger partial charge on any atom is -0.324 e. The number of amides is 1. The molecule has 0 spiro atoms. The molecule has 2 fully saturated rings. The highest BCUT2D eigenvalue weighted by Crippen LogP contribution is 2.33. The molecule has 128 valence electrons. The quantitative estimate of drug-likeness (QED) is 0.851. The lowest BCUT2D eigenvalue weighted by Crippen LogP contribution is -2.37. The zero-order valence-corrected chi connectivity index (χ0v) is 14.9. The monoisotopic (exact) mass is 356 g/mol. The molecule has 1 aromatic carbocycles. The molecule has 0 aromatic heterocycles. The van der Waals surface area contributed by atoms with Crippen molar-refractivity contribution in [1.82, 2.24) is 0 Å². The number of carbonyl (C=O) groups is 1. The van der Waals surface area contributed by atoms with Crippen molar-refractivity contribution in [3.63, 3.8) is 0 Å². The van der Waals surface area contributed by atoms with Crippen molar-refractivity contribution in [1.29, 1.82) is 0 Å². The normalized spacial score (nSPS) is 21.1. The van der Waals surface area contributed by atoms with Crippen molar-refractivity contribution in [3.8, 4) is 0 Å². The smallest absolute Gasteiger partial charge is 0.244 e. The first-order valence-corrected chi connectivity index (χ1v) is 9.51. The van der Waals surface area contributed by atoms with E-state index in [-0.39, 0.29) is 18.3 Å². The minimum atomic E-state index is -0.821. The summed E-state index contributed by atoms with van der Waals surface area (Å²) in [5.74, 6) is 0.459. The molecular formula is C17H25ClN2O2S. The third kappa shape index (κ3) is 4.78. The molecule has 2 aliphatic rings. The Morgan fingerprint density at radius 3 is 2.61 bits per heavy atom. The van der Waals surface area contributed by atoms with E-state index in [4.69, 9.17) is 5.73 Å². The SMILES string of the molecule is Cl.NC1(C(=O)Nc2cccc(CS(=O)C3CCCCC3)c2)CC1. The first-order valence-electron chi connectivity index (χ1n) is 8.13. The van der Waals surface area contributed by atoms with Crippen LogP contribution >= 0.6 is 12.4 Å². The highest BCUT2D eigenvalue weighted by atomic mass is 35.5. The summed E-state index contributed by atoms with van der Waals surface area (Å²) in [6, 6.07) is 7.66. The molecule has 2 aliphatic carbocycles. The van der Waals surface area contributed by atoms with Gasteiger partial charge in [-0.2, -0.15) is 0 Å². The van der Waals surface area contributed by atoms with Crippen LogP contribution in [0.15, 0.2) is 24.3 Å². The first-order chi connectivity index (χ1) is 10.6. The topological polar surface area (TPSA) is 72.2 Å². The van der Waals surface area contributed by atoms with Gasteiger partial charge in [0.05, 0.1) is 5.54 Å². The lowest BCUT2D eigenvalue weighted by Gasteiger charge is -2.21. The van der Waals surface area contributed by atoms with Gasteiger partial charge in [0.25, 0.3) is 0 Å². The van der Waals surface area contributed by atoms with Gasteiger partial charge >= 0.3 is 0 Å². The average molecular weight is 357 g/mol. The largest absolute Gasteiger partial charge is 0.324 e. The molecular weight excluding hydrogens is 332 g/mol. The number of hydrogen-bond donors (Lipinski definition) is 2. The molecule has 3 N–H and O–H groups in total. The number of benzene rings is 1. The van der Waals surface area contributed by atoms with E-state index in [1.54, 1.807) is 0 Å². The summed E-state index contributed by atoms with van der Waals surface area (Å²) in [7, 11) is -0.821. The van der Waals surface area contributed by atoms with Gasteiger partial charge < -0.3 is 11.1 Å². The van der Waals surface area contributed by atoms with E-state index in [1.165, 1.54) is 19.3 Å². The van der Waals surface area contributed by atoms with E-state index < -0.39 is 16.3 Å². The number of hydrogen-bond acceptors (Lipinski definition) is 3. The fourth-order valence-electron chi connectivity index (χ4n) is 2.97. The van der Waals surface area contributed by atoms with Crippen LogP contribution in [0.5, 0.6) is 0 Å². The van der Waals surface area contributed by atoms with E-state index in [0.717, 1.165) is 36.9 Å². The van der Waals surface area contributed by atoms with E-state index in [0.29, 0.717) is 11.0 Å². The van der Waals surface area contributed by atoms with Crippen LogP contribution in [-0.4, -0.2) is 20.9 Å². The molecule has 3 rings (SSSR count). The molecule has 0 heterocycles. The van der Waals surface area contributed by atoms with Gasteiger partial charge in [0, 0.05) is 27.5 Å². The Morgan fingerprint density at radius 2 is 1.96 bits per heavy atom. The summed E-state index contributed by atoms with van der Waals surface area (Å²) in [6.07, 6.45) is 7.35. The van der Waals surface area contributed by atoms with Crippen molar-refractivity contribution < 1.29 is 9.00 Å². The van der Waals surface area contributed by atoms with Gasteiger partial charge in [-0.15, -0.1) is 12.4 Å². The Balaban J connectivity index is 0.00000192. The van der Waals surface area contributed by atoms with Gasteiger partial charge in [0.2, 0.25) is 5.91 Å². The lowest BCUT2D eigenvalue weighted by molar-refractivity contribution is -0.118. The number of carbonyl (C=O) groups excluding carboxylic acids is 1. The molecule has 1 atom stereocenters. The van der Waals surface area contributed by atoms with Gasteiger partial charge in [-0.25, -0.2) is 0 Å². The molecule has 4 nitrogen and oxygen atoms in total. The number of rotatable bonds is 5. The number of nitrogens with two attached hydrogens (primary N) is 1. The van der Waals surface area contributed by atoms with Crippen LogP contribution in [0.3, 0.4) is 0 Å². The molecule has 0 aliphatic heterocycles. The molecule has 6 heteroatoms. The summed E-state index contributed by atoms with van der Waals surface area (Å²) in [6.45, 7) is 0. The van der Waals surface area contributed by atoms with Crippen LogP contribution in [-0.2, 0) is 21.3 Å². The van der Waals surface area contributed by atoms with E-state index in [1.807, 2.05) is 24.3 Å². The summed E-state index contributed by atoms with van der Waals surface area (Å²) in [5.41, 5.74) is 6.99. The van der Waals surface area contributed by atoms with Gasteiger partial charge in [0.1, 0.15) is 0 Å². The van der Waals surface area contributed by atoms with E-state index in [9.17, 15) is 9.00 Å². The van der Waals surface area contributed by atoms with Crippen LogP contribution in [0.1, 0.15) is 50.5 Å². The van der Waals surface area contributed by atoms with Crippen LogP contribution in [0, 0.1) is 0 Å². The van der Waals surface area contributed by atoms with Crippen LogP contribution in [0.2, 0.25) is 0 Å². The zero-order valence-electron chi connectivity index (χ0n) is 13.3. The summed E-state index contributed by atoms with van der Waals surface area (Å²) >= 11 is 0. The maximum absolute atomic E-state index is 12.5. The predicted molar refractivity (Wildman–Crippen MR) is 97.2 cm³/mol. The molecule has 0 saturated heterocycles. The Kier molecular flexibility index (Phi) is 6.23. The molecule has 1 aromatic rings. The third-order valence-electron chi connectivity index (χ3n) is 4.66. The average Bonchev–Trinajstić information content (AvgIpc) is 3.28. The number of halogens is 1. The van der Waals surface area contributed by atoms with Crippen LogP contribution < -0.4 is 11.1 Å². The van der Waals surface area contributed by atoms with Crippen LogP contribution in [0.25, 0.3) is 0 Å². The van der Waals surface area contributed by atoms with Crippen molar-refractivity contribution in [2.45, 2.75) is 61.5 Å². The van der Waals surface area contributed by atoms with Crippen molar-refractivity contribution in [2.75, 3.05) is 5.32 Å². The Hall–Kier alpha value is -0.910. The molecule has 1 unspecified atom stereocenters. The lowest BCUT2D eigenvalue weighted by atomic mass is 10.0. The molecule has 23 heavy (non-hydrogen) atoms. The number of anilines is 1. The fourth-order valence-corrected chi connectivity index (χ4v) is 4.57. The molecule has 0 radical (unpaired) electrons. The van der Waals surface area contributed by atoms with Crippen molar-refractivity contribution in [2.24, 2.45) is 5.73 Å². The summed E-state index contributed by atoms with van der Waals surface area (Å²) in [4.78, 5) is 12.0. The van der Waals surface area contributed by atoms with Gasteiger partial charge in [0.15, 0.2) is 0 Å². The number of nitrogens with one attached hydrogen (secondary N) is 1. The van der Waals surface area contributed by atoms with E-state index >= 15 is 0 Å². The Bertz CT molecular complexity index is 584. The Morgan fingerprint density at radius 1 is 1.26 bits per heavy atom. The summed E-state index contributed by atoms with van der Waals surface area (Å²) < 4.78 is 12.5. The maximum Gasteiger partial charge on any atom is 0.244 e. The maximum atomic E-state index is 12.5. The highest BCUT2D eigenvalue weighted by molar-refractivity contribution is 7.84. The van der Waals surface area contributed by atoms with Crippen molar-refractivity contribution in [3.05, 3.63) is 29.8 Å².